The molecule has 0 heterocycles. The standard InChI is InChI=1S/C13H19NO4S/c1-19(16,17)11-5-9-14-13(15)8-10-18-12-6-3-2-4-7-12/h2-4,6-7H,5,8-11H2,1H3,(H,14,15). The van der Waals surface area contributed by atoms with Gasteiger partial charge in [0, 0.05) is 12.8 Å². The largest absolute Gasteiger partial charge is 0.493 e. The van der Waals surface area contributed by atoms with E-state index >= 15 is 0 Å². The molecule has 6 heteroatoms. The van der Waals surface area contributed by atoms with Gasteiger partial charge in [-0.25, -0.2) is 8.42 Å². The predicted molar refractivity (Wildman–Crippen MR) is 73.9 cm³/mol. The molecule has 0 aromatic heterocycles. The molecular formula is C13H19NO4S. The maximum absolute atomic E-state index is 11.4. The van der Waals surface area contributed by atoms with Crippen LogP contribution >= 0.6 is 0 Å². The molecule has 1 N–H and O–H groups in total. The molecular weight excluding hydrogens is 266 g/mol. The molecule has 0 aliphatic rings. The van der Waals surface area contributed by atoms with E-state index in [1.54, 1.807) is 0 Å². The minimum Gasteiger partial charge on any atom is -0.493 e. The highest BCUT2D eigenvalue weighted by Gasteiger charge is 2.04. The zero-order valence-corrected chi connectivity index (χ0v) is 11.8. The number of hydrogen-bond acceptors (Lipinski definition) is 4. The Balaban J connectivity index is 2.08. The lowest BCUT2D eigenvalue weighted by Gasteiger charge is -2.06. The summed E-state index contributed by atoms with van der Waals surface area (Å²) in [5.74, 6) is 0.685. The van der Waals surface area contributed by atoms with Crippen LogP contribution in [0.15, 0.2) is 30.3 Å². The summed E-state index contributed by atoms with van der Waals surface area (Å²) in [6, 6.07) is 9.26. The van der Waals surface area contributed by atoms with Gasteiger partial charge in [0.15, 0.2) is 0 Å². The molecule has 5 nitrogen and oxygen atoms in total. The lowest BCUT2D eigenvalue weighted by Crippen LogP contribution is -2.27. The van der Waals surface area contributed by atoms with Crippen LogP contribution in [0.4, 0.5) is 0 Å². The van der Waals surface area contributed by atoms with Crippen LogP contribution in [0.25, 0.3) is 0 Å². The first-order valence-electron chi connectivity index (χ1n) is 6.09. The highest BCUT2D eigenvalue weighted by molar-refractivity contribution is 7.90. The van der Waals surface area contributed by atoms with Crippen molar-refractivity contribution in [3.8, 4) is 5.75 Å². The van der Waals surface area contributed by atoms with E-state index in [1.807, 2.05) is 30.3 Å². The van der Waals surface area contributed by atoms with Gasteiger partial charge < -0.3 is 10.1 Å². The van der Waals surface area contributed by atoms with Gasteiger partial charge in [0.25, 0.3) is 0 Å². The van der Waals surface area contributed by atoms with Crippen molar-refractivity contribution in [2.75, 3.05) is 25.2 Å². The molecule has 0 bridgehead atoms. The van der Waals surface area contributed by atoms with Crippen LogP contribution in [0.3, 0.4) is 0 Å². The molecule has 0 unspecified atom stereocenters. The molecule has 106 valence electrons. The van der Waals surface area contributed by atoms with Crippen LogP contribution in [0, 0.1) is 0 Å². The van der Waals surface area contributed by atoms with Gasteiger partial charge in [-0.3, -0.25) is 4.79 Å². The van der Waals surface area contributed by atoms with Crippen LogP contribution in [-0.2, 0) is 14.6 Å². The van der Waals surface area contributed by atoms with E-state index in [0.717, 1.165) is 5.75 Å². The van der Waals surface area contributed by atoms with Gasteiger partial charge in [0.05, 0.1) is 18.8 Å². The smallest absolute Gasteiger partial charge is 0.223 e. The number of nitrogens with one attached hydrogen (secondary N) is 1. The first-order chi connectivity index (χ1) is 8.97. The van der Waals surface area contributed by atoms with Crippen molar-refractivity contribution in [2.24, 2.45) is 0 Å². The van der Waals surface area contributed by atoms with Crippen LogP contribution in [0.1, 0.15) is 12.8 Å². The Hall–Kier alpha value is -1.56. The van der Waals surface area contributed by atoms with E-state index in [4.69, 9.17) is 4.74 Å². The molecule has 0 spiro atoms. The zero-order chi connectivity index (χ0) is 14.1. The minimum atomic E-state index is -2.95. The molecule has 0 aliphatic heterocycles. The van der Waals surface area contributed by atoms with Crippen LogP contribution in [-0.4, -0.2) is 39.5 Å². The molecule has 0 saturated heterocycles. The number of amides is 1. The molecule has 0 fully saturated rings. The van der Waals surface area contributed by atoms with Crippen molar-refractivity contribution >= 4 is 15.7 Å². The van der Waals surface area contributed by atoms with Crippen molar-refractivity contribution in [2.45, 2.75) is 12.8 Å². The number of para-hydroxylation sites is 1. The second kappa shape index (κ2) is 7.78. The quantitative estimate of drug-likeness (QED) is 0.723. The van der Waals surface area contributed by atoms with E-state index in [9.17, 15) is 13.2 Å². The normalized spacial score (nSPS) is 11.0. The third-order valence-electron chi connectivity index (χ3n) is 2.36. The minimum absolute atomic E-state index is 0.0911. The molecule has 1 rings (SSSR count). The SMILES string of the molecule is CS(=O)(=O)CCCNC(=O)CCOc1ccccc1. The summed E-state index contributed by atoms with van der Waals surface area (Å²) in [5.41, 5.74) is 0. The molecule has 0 atom stereocenters. The topological polar surface area (TPSA) is 72.5 Å². The lowest BCUT2D eigenvalue weighted by atomic mass is 10.3. The number of benzene rings is 1. The first kappa shape index (κ1) is 15.5. The summed E-state index contributed by atoms with van der Waals surface area (Å²) in [5, 5.41) is 2.66. The molecule has 1 aromatic rings. The van der Waals surface area contributed by atoms with Gasteiger partial charge in [-0.05, 0) is 18.6 Å². The average Bonchev–Trinajstić information content (AvgIpc) is 2.35. The van der Waals surface area contributed by atoms with E-state index in [2.05, 4.69) is 5.32 Å². The highest BCUT2D eigenvalue weighted by Crippen LogP contribution is 2.08. The fraction of sp³-hybridized carbons (Fsp3) is 0.462. The van der Waals surface area contributed by atoms with E-state index in [0.29, 0.717) is 19.6 Å². The van der Waals surface area contributed by atoms with E-state index in [-0.39, 0.29) is 18.1 Å². The van der Waals surface area contributed by atoms with Crippen LogP contribution in [0.5, 0.6) is 5.75 Å². The van der Waals surface area contributed by atoms with Gasteiger partial charge in [-0.15, -0.1) is 0 Å². The Morgan fingerprint density at radius 1 is 1.26 bits per heavy atom. The first-order valence-corrected chi connectivity index (χ1v) is 8.16. The van der Waals surface area contributed by atoms with E-state index < -0.39 is 9.84 Å². The monoisotopic (exact) mass is 285 g/mol. The van der Waals surface area contributed by atoms with Gasteiger partial charge in [0.2, 0.25) is 5.91 Å². The van der Waals surface area contributed by atoms with Gasteiger partial charge >= 0.3 is 0 Å². The van der Waals surface area contributed by atoms with Gasteiger partial charge in [-0.2, -0.15) is 0 Å². The number of rotatable bonds is 8. The molecule has 0 saturated carbocycles. The number of hydrogen-bond donors (Lipinski definition) is 1. The molecule has 1 aromatic carbocycles. The predicted octanol–water partition coefficient (Wildman–Crippen LogP) is 1.01. The maximum atomic E-state index is 11.4. The molecule has 19 heavy (non-hydrogen) atoms. The van der Waals surface area contributed by atoms with Crippen molar-refractivity contribution in [1.29, 1.82) is 0 Å². The Bertz CT molecular complexity index is 485. The molecule has 1 amide bonds. The van der Waals surface area contributed by atoms with Crippen LogP contribution in [0.2, 0.25) is 0 Å². The summed E-state index contributed by atoms with van der Waals surface area (Å²) >= 11 is 0. The van der Waals surface area contributed by atoms with Crippen molar-refractivity contribution < 1.29 is 17.9 Å². The Labute approximate surface area is 113 Å². The van der Waals surface area contributed by atoms with Crippen LogP contribution < -0.4 is 10.1 Å². The third kappa shape index (κ3) is 8.20. The summed E-state index contributed by atoms with van der Waals surface area (Å²) in [4.78, 5) is 11.4. The number of sulfone groups is 1. The Morgan fingerprint density at radius 3 is 2.58 bits per heavy atom. The second-order valence-electron chi connectivity index (χ2n) is 4.24. The summed E-state index contributed by atoms with van der Waals surface area (Å²) in [6.45, 7) is 0.680. The summed E-state index contributed by atoms with van der Waals surface area (Å²) in [6.07, 6.45) is 1.88. The molecule has 0 aliphatic carbocycles. The second-order valence-corrected chi connectivity index (χ2v) is 6.50. The van der Waals surface area contributed by atoms with Gasteiger partial charge in [-0.1, -0.05) is 18.2 Å². The fourth-order valence-corrected chi connectivity index (χ4v) is 2.10. The summed E-state index contributed by atoms with van der Waals surface area (Å²) < 4.78 is 27.1. The highest BCUT2D eigenvalue weighted by atomic mass is 32.2. The lowest BCUT2D eigenvalue weighted by molar-refractivity contribution is -0.121. The Kier molecular flexibility index (Phi) is 6.35. The fourth-order valence-electron chi connectivity index (χ4n) is 1.43. The Morgan fingerprint density at radius 2 is 1.95 bits per heavy atom. The van der Waals surface area contributed by atoms with E-state index in [1.165, 1.54) is 6.26 Å². The maximum Gasteiger partial charge on any atom is 0.223 e. The van der Waals surface area contributed by atoms with Crippen molar-refractivity contribution in [3.63, 3.8) is 0 Å². The summed E-state index contributed by atoms with van der Waals surface area (Å²) in [7, 11) is -2.95. The number of carbonyl (C=O) groups excluding carboxylic acids is 1. The molecule has 0 radical (unpaired) electrons. The van der Waals surface area contributed by atoms with Crippen molar-refractivity contribution in [3.05, 3.63) is 30.3 Å². The van der Waals surface area contributed by atoms with Gasteiger partial charge in [0.1, 0.15) is 15.6 Å². The average molecular weight is 285 g/mol. The number of ether oxygens (including phenoxy) is 1. The third-order valence-corrected chi connectivity index (χ3v) is 3.39. The number of carbonyl (C=O) groups is 1. The van der Waals surface area contributed by atoms with Crippen molar-refractivity contribution in [1.82, 2.24) is 5.32 Å². The zero-order valence-electron chi connectivity index (χ0n) is 11.0.